The van der Waals surface area contributed by atoms with Crippen LogP contribution in [0.1, 0.15) is 32.1 Å². The third-order valence-electron chi connectivity index (χ3n) is 5.08. The summed E-state index contributed by atoms with van der Waals surface area (Å²) in [7, 11) is 1.57. The first-order valence-electron chi connectivity index (χ1n) is 9.38. The summed E-state index contributed by atoms with van der Waals surface area (Å²) in [5, 5.41) is 12.2. The van der Waals surface area contributed by atoms with Crippen molar-refractivity contribution in [1.82, 2.24) is 10.2 Å². The number of para-hydroxylation sites is 2. The van der Waals surface area contributed by atoms with Gasteiger partial charge in [-0.25, -0.2) is 0 Å². The highest BCUT2D eigenvalue weighted by atomic mass is 32.2. The van der Waals surface area contributed by atoms with Crippen LogP contribution in [0.5, 0.6) is 5.75 Å². The van der Waals surface area contributed by atoms with E-state index in [-0.39, 0.29) is 18.2 Å². The molecule has 2 aliphatic rings. The highest BCUT2D eigenvalue weighted by Gasteiger charge is 2.36. The van der Waals surface area contributed by atoms with Crippen molar-refractivity contribution >= 4 is 45.7 Å². The first-order valence-corrected chi connectivity index (χ1v) is 11.1. The van der Waals surface area contributed by atoms with Crippen molar-refractivity contribution < 1.29 is 14.3 Å². The molecule has 1 aromatic carbocycles. The van der Waals surface area contributed by atoms with Crippen molar-refractivity contribution in [2.45, 2.75) is 41.7 Å². The summed E-state index contributed by atoms with van der Waals surface area (Å²) in [5.41, 5.74) is 0.691. The fourth-order valence-corrected chi connectivity index (χ4v) is 5.89. The van der Waals surface area contributed by atoms with Crippen LogP contribution in [-0.4, -0.2) is 40.9 Å². The van der Waals surface area contributed by atoms with Crippen LogP contribution in [0.4, 0.5) is 10.8 Å². The van der Waals surface area contributed by atoms with Gasteiger partial charge in [-0.15, -0.1) is 10.2 Å². The first kappa shape index (κ1) is 19.2. The molecule has 2 amide bonds. The van der Waals surface area contributed by atoms with Crippen LogP contribution in [0.25, 0.3) is 0 Å². The lowest BCUT2D eigenvalue weighted by Crippen LogP contribution is -2.28. The monoisotopic (exact) mass is 418 g/mol. The number of aromatic nitrogens is 2. The second-order valence-corrected chi connectivity index (χ2v) is 9.49. The minimum Gasteiger partial charge on any atom is -0.495 e. The summed E-state index contributed by atoms with van der Waals surface area (Å²) in [5.74, 6) is -0.0828. The summed E-state index contributed by atoms with van der Waals surface area (Å²) in [6, 6.07) is 7.34. The predicted octanol–water partition coefficient (Wildman–Crippen LogP) is 3.57. The SMILES string of the molecule is COc1ccccc1N1C[C@H](C(=O)Nc2nnc(SC3CCCC3)s2)CC1=O. The molecule has 0 bridgehead atoms. The summed E-state index contributed by atoms with van der Waals surface area (Å²) in [6.07, 6.45) is 5.16. The van der Waals surface area contributed by atoms with Crippen LogP contribution in [0, 0.1) is 5.92 Å². The van der Waals surface area contributed by atoms with Gasteiger partial charge in [0.2, 0.25) is 16.9 Å². The van der Waals surface area contributed by atoms with E-state index in [9.17, 15) is 9.59 Å². The van der Waals surface area contributed by atoms with E-state index in [0.29, 0.717) is 28.4 Å². The van der Waals surface area contributed by atoms with Crippen LogP contribution in [0.2, 0.25) is 0 Å². The molecule has 1 N–H and O–H groups in total. The molecule has 2 fully saturated rings. The first-order chi connectivity index (χ1) is 13.6. The molecule has 0 spiro atoms. The fraction of sp³-hybridized carbons (Fsp3) is 0.474. The molecule has 1 aliphatic carbocycles. The molecule has 2 aromatic rings. The number of thioether (sulfide) groups is 1. The topological polar surface area (TPSA) is 84.4 Å². The zero-order valence-corrected chi connectivity index (χ0v) is 17.2. The lowest BCUT2D eigenvalue weighted by Gasteiger charge is -2.19. The summed E-state index contributed by atoms with van der Waals surface area (Å²) >= 11 is 3.15. The number of amides is 2. The van der Waals surface area contributed by atoms with E-state index in [1.807, 2.05) is 18.2 Å². The van der Waals surface area contributed by atoms with Gasteiger partial charge in [-0.1, -0.05) is 48.1 Å². The number of carbonyl (C=O) groups is 2. The average molecular weight is 419 g/mol. The Labute approximate surface area is 171 Å². The van der Waals surface area contributed by atoms with E-state index in [1.54, 1.807) is 29.8 Å². The van der Waals surface area contributed by atoms with Gasteiger partial charge >= 0.3 is 0 Å². The Morgan fingerprint density at radius 2 is 2.07 bits per heavy atom. The minimum absolute atomic E-state index is 0.0839. The van der Waals surface area contributed by atoms with Crippen molar-refractivity contribution in [3.63, 3.8) is 0 Å². The van der Waals surface area contributed by atoms with Crippen molar-refractivity contribution in [1.29, 1.82) is 0 Å². The van der Waals surface area contributed by atoms with Crippen molar-refractivity contribution in [2.75, 3.05) is 23.9 Å². The normalized spacial score (nSPS) is 20.0. The number of carbonyl (C=O) groups excluding carboxylic acids is 2. The van der Waals surface area contributed by atoms with Gasteiger partial charge in [0.25, 0.3) is 0 Å². The standard InChI is InChI=1S/C19H22N4O3S2/c1-26-15-9-5-4-8-14(15)23-11-12(10-16(23)24)17(25)20-18-21-22-19(28-18)27-13-6-2-3-7-13/h4-5,8-9,12-13H,2-3,6-7,10-11H2,1H3,(H,20,21,25)/t12-/m1/s1. The van der Waals surface area contributed by atoms with Crippen LogP contribution in [-0.2, 0) is 9.59 Å². The van der Waals surface area contributed by atoms with Crippen LogP contribution >= 0.6 is 23.1 Å². The van der Waals surface area contributed by atoms with Gasteiger partial charge in [-0.2, -0.15) is 0 Å². The lowest BCUT2D eigenvalue weighted by atomic mass is 10.1. The Morgan fingerprint density at radius 1 is 1.29 bits per heavy atom. The molecule has 148 valence electrons. The van der Waals surface area contributed by atoms with Gasteiger partial charge in [0, 0.05) is 18.2 Å². The number of anilines is 2. The van der Waals surface area contributed by atoms with E-state index >= 15 is 0 Å². The number of nitrogens with zero attached hydrogens (tertiary/aromatic N) is 3. The molecule has 0 radical (unpaired) electrons. The summed E-state index contributed by atoms with van der Waals surface area (Å²) in [4.78, 5) is 26.7. The molecule has 9 heteroatoms. The van der Waals surface area contributed by atoms with E-state index in [2.05, 4.69) is 15.5 Å². The van der Waals surface area contributed by atoms with Crippen LogP contribution in [0.3, 0.4) is 0 Å². The predicted molar refractivity (Wildman–Crippen MR) is 110 cm³/mol. The zero-order valence-electron chi connectivity index (χ0n) is 15.6. The van der Waals surface area contributed by atoms with Gasteiger partial charge in [-0.3, -0.25) is 9.59 Å². The van der Waals surface area contributed by atoms with Gasteiger partial charge in [0.15, 0.2) is 4.34 Å². The maximum atomic E-state index is 12.7. The Bertz CT molecular complexity index is 866. The zero-order chi connectivity index (χ0) is 19.5. The average Bonchev–Trinajstić information content (AvgIpc) is 3.44. The lowest BCUT2D eigenvalue weighted by molar-refractivity contribution is -0.122. The molecule has 1 saturated heterocycles. The molecule has 28 heavy (non-hydrogen) atoms. The van der Waals surface area contributed by atoms with E-state index in [0.717, 1.165) is 4.34 Å². The highest BCUT2D eigenvalue weighted by Crippen LogP contribution is 2.37. The maximum absolute atomic E-state index is 12.7. The second kappa shape index (κ2) is 8.48. The second-order valence-electron chi connectivity index (χ2n) is 6.96. The third-order valence-corrected chi connectivity index (χ3v) is 7.34. The number of ether oxygens (including phenoxy) is 1. The number of benzene rings is 1. The molecule has 1 aliphatic heterocycles. The third kappa shape index (κ3) is 4.15. The number of hydrogen-bond donors (Lipinski definition) is 1. The Hall–Kier alpha value is -2.13. The van der Waals surface area contributed by atoms with Gasteiger partial charge < -0.3 is 15.0 Å². The molecule has 4 rings (SSSR count). The number of rotatable bonds is 6. The van der Waals surface area contributed by atoms with Crippen LogP contribution < -0.4 is 15.0 Å². The minimum atomic E-state index is -0.424. The van der Waals surface area contributed by atoms with E-state index in [4.69, 9.17) is 4.74 Å². The Kier molecular flexibility index (Phi) is 5.82. The molecular formula is C19H22N4O3S2. The number of methoxy groups -OCH3 is 1. The smallest absolute Gasteiger partial charge is 0.231 e. The van der Waals surface area contributed by atoms with E-state index in [1.165, 1.54) is 37.0 Å². The van der Waals surface area contributed by atoms with Crippen molar-refractivity contribution in [3.8, 4) is 5.75 Å². The Morgan fingerprint density at radius 3 is 2.86 bits per heavy atom. The quantitative estimate of drug-likeness (QED) is 0.722. The molecule has 1 saturated carbocycles. The number of hydrogen-bond acceptors (Lipinski definition) is 7. The molecule has 1 atom stereocenters. The molecule has 1 aromatic heterocycles. The molecular weight excluding hydrogens is 396 g/mol. The Balaban J connectivity index is 1.38. The highest BCUT2D eigenvalue weighted by molar-refractivity contribution is 8.01. The number of nitrogens with one attached hydrogen (secondary N) is 1. The largest absolute Gasteiger partial charge is 0.495 e. The summed E-state index contributed by atoms with van der Waals surface area (Å²) < 4.78 is 6.23. The molecule has 2 heterocycles. The fourth-order valence-electron chi connectivity index (χ4n) is 3.63. The van der Waals surface area contributed by atoms with Gasteiger partial charge in [0.05, 0.1) is 18.7 Å². The maximum Gasteiger partial charge on any atom is 0.231 e. The molecule has 7 nitrogen and oxygen atoms in total. The van der Waals surface area contributed by atoms with Crippen molar-refractivity contribution in [3.05, 3.63) is 24.3 Å². The van der Waals surface area contributed by atoms with Gasteiger partial charge in [0.1, 0.15) is 5.75 Å². The summed E-state index contributed by atoms with van der Waals surface area (Å²) in [6.45, 7) is 0.327. The van der Waals surface area contributed by atoms with Crippen molar-refractivity contribution in [2.24, 2.45) is 5.92 Å². The molecule has 0 unspecified atom stereocenters. The van der Waals surface area contributed by atoms with E-state index < -0.39 is 5.92 Å². The van der Waals surface area contributed by atoms with Crippen LogP contribution in [0.15, 0.2) is 28.6 Å². The van der Waals surface area contributed by atoms with Gasteiger partial charge in [-0.05, 0) is 25.0 Å².